The molecule has 2 heterocycles. The topological polar surface area (TPSA) is 126 Å². The molecule has 10 heteroatoms. The average molecular weight is 449 g/mol. The molecule has 0 atom stereocenters. The quantitative estimate of drug-likeness (QED) is 0.418. The Morgan fingerprint density at radius 1 is 1.12 bits per heavy atom. The second-order valence-corrected chi connectivity index (χ2v) is 7.91. The van der Waals surface area contributed by atoms with Crippen LogP contribution < -0.4 is 10.7 Å². The van der Waals surface area contributed by atoms with Gasteiger partial charge in [0, 0.05) is 50.9 Å². The molecule has 0 radical (unpaired) electrons. The van der Waals surface area contributed by atoms with Gasteiger partial charge in [-0.05, 0) is 43.2 Å². The zero-order valence-electron chi connectivity index (χ0n) is 18.0. The lowest BCUT2D eigenvalue weighted by Crippen LogP contribution is -2.35. The first-order chi connectivity index (χ1) is 16.0. The molecule has 0 aliphatic carbocycles. The summed E-state index contributed by atoms with van der Waals surface area (Å²) in [6, 6.07) is 13.6. The summed E-state index contributed by atoms with van der Waals surface area (Å²) in [5, 5.41) is 19.9. The molecule has 1 saturated heterocycles. The highest BCUT2D eigenvalue weighted by Gasteiger charge is 2.20. The summed E-state index contributed by atoms with van der Waals surface area (Å²) in [4.78, 5) is 39.3. The smallest absolute Gasteiger partial charge is 0.407 e. The van der Waals surface area contributed by atoms with Gasteiger partial charge >= 0.3 is 5.76 Å². The first kappa shape index (κ1) is 22.1. The van der Waals surface area contributed by atoms with E-state index in [0.29, 0.717) is 50.1 Å². The van der Waals surface area contributed by atoms with E-state index in [1.165, 1.54) is 22.8 Å². The number of nitriles is 1. The normalized spacial score (nSPS) is 14.2. The fraction of sp³-hybridized carbons (Fsp3) is 0.348. The van der Waals surface area contributed by atoms with Gasteiger partial charge in [-0.25, -0.2) is 4.79 Å². The van der Waals surface area contributed by atoms with Gasteiger partial charge in [0.2, 0.25) is 5.91 Å². The summed E-state index contributed by atoms with van der Waals surface area (Å²) >= 11 is 0. The molecule has 3 aromatic rings. The molecule has 2 aromatic carbocycles. The number of rotatable bonds is 6. The fourth-order valence-electron chi connectivity index (χ4n) is 4.10. The maximum Gasteiger partial charge on any atom is 0.419 e. The van der Waals surface area contributed by atoms with Crippen LogP contribution in [0.2, 0.25) is 0 Å². The fourth-order valence-corrected chi connectivity index (χ4v) is 4.10. The molecular weight excluding hydrogens is 426 g/mol. The maximum atomic E-state index is 12.8. The molecule has 1 fully saturated rings. The lowest BCUT2D eigenvalue weighted by atomic mass is 10.2. The highest BCUT2D eigenvalue weighted by molar-refractivity contribution is 5.77. The lowest BCUT2D eigenvalue weighted by molar-refractivity contribution is -0.384. The Kier molecular flexibility index (Phi) is 6.40. The third-order valence-electron chi connectivity index (χ3n) is 5.85. The van der Waals surface area contributed by atoms with Crippen LogP contribution in [0.5, 0.6) is 0 Å². The van der Waals surface area contributed by atoms with E-state index in [1.54, 1.807) is 12.1 Å². The third-order valence-corrected chi connectivity index (χ3v) is 5.85. The number of nitrogens with zero attached hydrogens (tertiary/aromatic N) is 5. The zero-order valence-corrected chi connectivity index (χ0v) is 18.0. The van der Waals surface area contributed by atoms with Gasteiger partial charge in [-0.2, -0.15) is 5.26 Å². The van der Waals surface area contributed by atoms with Crippen molar-refractivity contribution in [1.29, 1.82) is 5.26 Å². The predicted molar refractivity (Wildman–Crippen MR) is 121 cm³/mol. The number of fused-ring (bicyclic) bond motifs is 1. The number of hydrogen-bond donors (Lipinski definition) is 0. The van der Waals surface area contributed by atoms with Gasteiger partial charge in [-0.3, -0.25) is 19.5 Å². The van der Waals surface area contributed by atoms with Crippen LogP contribution in [0, 0.1) is 21.4 Å². The number of carbonyl (C=O) groups is 1. The van der Waals surface area contributed by atoms with E-state index in [0.717, 1.165) is 18.7 Å². The van der Waals surface area contributed by atoms with E-state index in [-0.39, 0.29) is 17.2 Å². The van der Waals surface area contributed by atoms with Crippen molar-refractivity contribution in [1.82, 2.24) is 9.47 Å². The highest BCUT2D eigenvalue weighted by atomic mass is 16.6. The van der Waals surface area contributed by atoms with Crippen molar-refractivity contribution in [3.8, 4) is 6.07 Å². The van der Waals surface area contributed by atoms with Crippen LogP contribution in [0.15, 0.2) is 51.7 Å². The van der Waals surface area contributed by atoms with Crippen molar-refractivity contribution >= 4 is 28.4 Å². The van der Waals surface area contributed by atoms with Gasteiger partial charge in [0.1, 0.15) is 0 Å². The number of nitro groups is 1. The van der Waals surface area contributed by atoms with Crippen molar-refractivity contribution in [2.45, 2.75) is 25.8 Å². The average Bonchev–Trinajstić information content (AvgIpc) is 2.98. The van der Waals surface area contributed by atoms with Crippen molar-refractivity contribution in [2.75, 3.05) is 31.1 Å². The number of aryl methyl sites for hydroxylation is 1. The Labute approximate surface area is 189 Å². The van der Waals surface area contributed by atoms with Crippen LogP contribution in [-0.2, 0) is 11.3 Å². The summed E-state index contributed by atoms with van der Waals surface area (Å²) in [5.41, 5.74) is 2.15. The van der Waals surface area contributed by atoms with Crippen LogP contribution >= 0.6 is 0 Å². The monoisotopic (exact) mass is 449 g/mol. The Balaban J connectivity index is 1.33. The molecule has 0 bridgehead atoms. The Bertz CT molecular complexity index is 1270. The van der Waals surface area contributed by atoms with Gasteiger partial charge in [0.25, 0.3) is 5.69 Å². The summed E-state index contributed by atoms with van der Waals surface area (Å²) < 4.78 is 6.54. The third kappa shape index (κ3) is 4.87. The predicted octanol–water partition coefficient (Wildman–Crippen LogP) is 2.89. The minimum atomic E-state index is -0.592. The SMILES string of the molecule is N#Cc1ccc(N2CCCN(C(=O)CCCn3c(=O)oc4cc([N+](=O)[O-])ccc43)CC2)cc1. The number of benzene rings is 2. The molecule has 0 N–H and O–H groups in total. The Morgan fingerprint density at radius 3 is 2.64 bits per heavy atom. The molecule has 0 saturated carbocycles. The summed E-state index contributed by atoms with van der Waals surface area (Å²) in [5.74, 6) is -0.557. The summed E-state index contributed by atoms with van der Waals surface area (Å²) in [7, 11) is 0. The Morgan fingerprint density at radius 2 is 1.91 bits per heavy atom. The molecule has 33 heavy (non-hydrogen) atoms. The molecule has 1 aliphatic heterocycles. The van der Waals surface area contributed by atoms with Crippen molar-refractivity contribution < 1.29 is 14.1 Å². The van der Waals surface area contributed by atoms with Crippen molar-refractivity contribution in [3.05, 3.63) is 68.7 Å². The number of non-ortho nitro benzene ring substituents is 1. The number of aromatic nitrogens is 1. The van der Waals surface area contributed by atoms with Gasteiger partial charge in [0.15, 0.2) is 5.58 Å². The van der Waals surface area contributed by atoms with E-state index in [9.17, 15) is 19.7 Å². The second kappa shape index (κ2) is 9.56. The lowest BCUT2D eigenvalue weighted by Gasteiger charge is -2.24. The van der Waals surface area contributed by atoms with Crippen LogP contribution in [0.1, 0.15) is 24.8 Å². The van der Waals surface area contributed by atoms with E-state index in [4.69, 9.17) is 9.68 Å². The molecule has 0 spiro atoms. The minimum Gasteiger partial charge on any atom is -0.407 e. The van der Waals surface area contributed by atoms with E-state index < -0.39 is 10.7 Å². The first-order valence-electron chi connectivity index (χ1n) is 10.8. The maximum absolute atomic E-state index is 12.8. The molecule has 170 valence electrons. The van der Waals surface area contributed by atoms with Gasteiger partial charge < -0.3 is 14.2 Å². The molecule has 1 amide bonds. The molecular formula is C23H23N5O5. The molecule has 0 unspecified atom stereocenters. The van der Waals surface area contributed by atoms with Gasteiger partial charge in [0.05, 0.1) is 28.1 Å². The van der Waals surface area contributed by atoms with Gasteiger partial charge in [-0.15, -0.1) is 0 Å². The zero-order chi connectivity index (χ0) is 23.4. The van der Waals surface area contributed by atoms with Crippen molar-refractivity contribution in [2.24, 2.45) is 0 Å². The molecule has 4 rings (SSSR count). The van der Waals surface area contributed by atoms with E-state index in [1.807, 2.05) is 17.0 Å². The number of carbonyl (C=O) groups excluding carboxylic acids is 1. The van der Waals surface area contributed by atoms with Crippen LogP contribution in [0.4, 0.5) is 11.4 Å². The largest absolute Gasteiger partial charge is 0.419 e. The molecule has 1 aromatic heterocycles. The van der Waals surface area contributed by atoms with Crippen LogP contribution in [0.3, 0.4) is 0 Å². The number of anilines is 1. The summed E-state index contributed by atoms with van der Waals surface area (Å²) in [6.45, 7) is 3.11. The Hall–Kier alpha value is -4.13. The first-order valence-corrected chi connectivity index (χ1v) is 10.8. The molecule has 10 nitrogen and oxygen atoms in total. The standard InChI is InChI=1S/C23H23N5O5/c24-16-17-4-6-18(7-5-17)25-10-2-11-26(14-13-25)22(29)3-1-12-27-20-9-8-19(28(31)32)15-21(20)33-23(27)30/h4-9,15H,1-3,10-14H2. The van der Waals surface area contributed by atoms with Crippen LogP contribution in [0.25, 0.3) is 11.1 Å². The molecule has 1 aliphatic rings. The van der Waals surface area contributed by atoms with Gasteiger partial charge in [-0.1, -0.05) is 0 Å². The van der Waals surface area contributed by atoms with Crippen molar-refractivity contribution in [3.63, 3.8) is 0 Å². The number of amides is 1. The highest BCUT2D eigenvalue weighted by Crippen LogP contribution is 2.21. The number of hydrogen-bond acceptors (Lipinski definition) is 7. The van der Waals surface area contributed by atoms with Crippen LogP contribution in [-0.4, -0.2) is 46.5 Å². The van der Waals surface area contributed by atoms with E-state index in [2.05, 4.69) is 11.0 Å². The number of oxazole rings is 1. The summed E-state index contributed by atoms with van der Waals surface area (Å²) in [6.07, 6.45) is 1.60. The minimum absolute atomic E-state index is 0.0353. The number of nitro benzene ring substituents is 1. The van der Waals surface area contributed by atoms with E-state index >= 15 is 0 Å². The second-order valence-electron chi connectivity index (χ2n) is 7.91.